The smallest absolute Gasteiger partial charge is 0.303 e. The highest BCUT2D eigenvalue weighted by molar-refractivity contribution is 5.66. The maximum absolute atomic E-state index is 9.60. The number of carboxylic acid groups (broad SMARTS) is 1. The van der Waals surface area contributed by atoms with Gasteiger partial charge in [-0.3, -0.25) is 4.79 Å². The second-order valence-corrected chi connectivity index (χ2v) is 3.20. The molecule has 0 radical (unpaired) electrons. The van der Waals surface area contributed by atoms with Gasteiger partial charge in [0.25, 0.3) is 0 Å². The van der Waals surface area contributed by atoms with Crippen LogP contribution < -0.4 is 5.32 Å². The predicted molar refractivity (Wildman–Crippen MR) is 52.9 cm³/mol. The fraction of sp³-hybridized carbons (Fsp3) is 0.889. The molecule has 0 aromatic carbocycles. The van der Waals surface area contributed by atoms with Crippen molar-refractivity contribution in [1.29, 1.82) is 0 Å². The average Bonchev–Trinajstić information content (AvgIpc) is 2.06. The molecule has 1 aliphatic rings. The van der Waals surface area contributed by atoms with Gasteiger partial charge in [0.05, 0.1) is 0 Å². The Morgan fingerprint density at radius 1 is 1.46 bits per heavy atom. The minimum Gasteiger partial charge on any atom is -0.481 e. The maximum Gasteiger partial charge on any atom is 0.303 e. The third kappa shape index (κ3) is 9.30. The molecule has 1 fully saturated rings. The van der Waals surface area contributed by atoms with Crippen molar-refractivity contribution in [3.05, 3.63) is 0 Å². The van der Waals surface area contributed by atoms with Crippen LogP contribution in [0.5, 0.6) is 0 Å². The SMILES string of the molecule is CCCC(=O)O.CN1CCNCC1. The number of likely N-dealkylation sites (N-methyl/N-ethyl adjacent to an activating group) is 1. The van der Waals surface area contributed by atoms with E-state index in [9.17, 15) is 4.79 Å². The van der Waals surface area contributed by atoms with E-state index in [1.807, 2.05) is 6.92 Å². The van der Waals surface area contributed by atoms with Crippen LogP contribution in [0.2, 0.25) is 0 Å². The van der Waals surface area contributed by atoms with E-state index in [-0.39, 0.29) is 0 Å². The molecule has 4 nitrogen and oxygen atoms in total. The first kappa shape index (κ1) is 12.4. The van der Waals surface area contributed by atoms with E-state index in [1.165, 1.54) is 13.1 Å². The molecular formula is C9H20N2O2. The molecule has 0 spiro atoms. The van der Waals surface area contributed by atoms with Crippen LogP contribution in [-0.4, -0.2) is 49.2 Å². The van der Waals surface area contributed by atoms with Gasteiger partial charge in [-0.2, -0.15) is 0 Å². The Morgan fingerprint density at radius 3 is 2.15 bits per heavy atom. The van der Waals surface area contributed by atoms with Gasteiger partial charge >= 0.3 is 5.97 Å². The Labute approximate surface area is 79.9 Å². The van der Waals surface area contributed by atoms with Crippen molar-refractivity contribution in [2.75, 3.05) is 33.2 Å². The van der Waals surface area contributed by atoms with Gasteiger partial charge in [-0.25, -0.2) is 0 Å². The van der Waals surface area contributed by atoms with Gasteiger partial charge in [-0.1, -0.05) is 6.92 Å². The maximum atomic E-state index is 9.60. The molecule has 1 aliphatic heterocycles. The molecule has 0 aliphatic carbocycles. The standard InChI is InChI=1S/C5H12N2.C4H8O2/c1-7-4-2-6-3-5-7;1-2-3-4(5)6/h6H,2-5H2,1H3;2-3H2,1H3,(H,5,6). The summed E-state index contributed by atoms with van der Waals surface area (Å²) in [4.78, 5) is 11.9. The molecule has 0 unspecified atom stereocenters. The van der Waals surface area contributed by atoms with E-state index in [2.05, 4.69) is 17.3 Å². The van der Waals surface area contributed by atoms with E-state index in [1.54, 1.807) is 0 Å². The number of hydrogen-bond acceptors (Lipinski definition) is 3. The van der Waals surface area contributed by atoms with Crippen LogP contribution in [0.1, 0.15) is 19.8 Å². The first-order valence-corrected chi connectivity index (χ1v) is 4.78. The topological polar surface area (TPSA) is 52.6 Å². The van der Waals surface area contributed by atoms with E-state index >= 15 is 0 Å². The number of aliphatic carboxylic acids is 1. The molecule has 0 aromatic heterocycles. The number of carboxylic acids is 1. The summed E-state index contributed by atoms with van der Waals surface area (Å²) in [6, 6.07) is 0. The van der Waals surface area contributed by atoms with Gasteiger partial charge in [0, 0.05) is 32.6 Å². The zero-order valence-electron chi connectivity index (χ0n) is 8.55. The lowest BCUT2D eigenvalue weighted by molar-refractivity contribution is -0.137. The Kier molecular flexibility index (Phi) is 7.63. The highest BCUT2D eigenvalue weighted by Crippen LogP contribution is 1.83. The van der Waals surface area contributed by atoms with Crippen LogP contribution in [-0.2, 0) is 4.79 Å². The molecule has 4 heteroatoms. The molecule has 0 atom stereocenters. The van der Waals surface area contributed by atoms with Crippen molar-refractivity contribution in [2.24, 2.45) is 0 Å². The van der Waals surface area contributed by atoms with E-state index in [0.717, 1.165) is 19.5 Å². The zero-order valence-corrected chi connectivity index (χ0v) is 8.55. The summed E-state index contributed by atoms with van der Waals surface area (Å²) in [6.07, 6.45) is 1.02. The van der Waals surface area contributed by atoms with Gasteiger partial charge in [0.15, 0.2) is 0 Å². The highest BCUT2D eigenvalue weighted by Gasteiger charge is 2.01. The number of nitrogens with one attached hydrogen (secondary N) is 1. The van der Waals surface area contributed by atoms with Gasteiger partial charge in [-0.05, 0) is 13.5 Å². The monoisotopic (exact) mass is 188 g/mol. The summed E-state index contributed by atoms with van der Waals surface area (Å²) in [5.41, 5.74) is 0. The summed E-state index contributed by atoms with van der Waals surface area (Å²) in [5, 5.41) is 11.2. The van der Waals surface area contributed by atoms with Crippen LogP contribution in [0, 0.1) is 0 Å². The van der Waals surface area contributed by atoms with Crippen molar-refractivity contribution in [3.63, 3.8) is 0 Å². The van der Waals surface area contributed by atoms with Crippen molar-refractivity contribution >= 4 is 5.97 Å². The Morgan fingerprint density at radius 2 is 2.00 bits per heavy atom. The third-order valence-electron chi connectivity index (χ3n) is 1.80. The predicted octanol–water partition coefficient (Wildman–Crippen LogP) is 0.393. The van der Waals surface area contributed by atoms with Gasteiger partial charge < -0.3 is 15.3 Å². The lowest BCUT2D eigenvalue weighted by atomic mass is 10.4. The van der Waals surface area contributed by atoms with Crippen LogP contribution in [0.4, 0.5) is 0 Å². The summed E-state index contributed by atoms with van der Waals surface area (Å²) in [5.74, 6) is -0.711. The van der Waals surface area contributed by atoms with Crippen LogP contribution in [0.15, 0.2) is 0 Å². The number of hydrogen-bond donors (Lipinski definition) is 2. The molecular weight excluding hydrogens is 168 g/mol. The summed E-state index contributed by atoms with van der Waals surface area (Å²) >= 11 is 0. The number of nitrogens with zero attached hydrogens (tertiary/aromatic N) is 1. The fourth-order valence-corrected chi connectivity index (χ4v) is 0.991. The van der Waals surface area contributed by atoms with Crippen LogP contribution in [0.3, 0.4) is 0 Å². The van der Waals surface area contributed by atoms with Gasteiger partial charge in [-0.15, -0.1) is 0 Å². The third-order valence-corrected chi connectivity index (χ3v) is 1.80. The zero-order chi connectivity index (χ0) is 10.1. The molecule has 0 amide bonds. The molecule has 1 rings (SSSR count). The Balaban J connectivity index is 0.000000226. The minimum absolute atomic E-state index is 0.292. The van der Waals surface area contributed by atoms with Gasteiger partial charge in [0.2, 0.25) is 0 Å². The van der Waals surface area contributed by atoms with E-state index < -0.39 is 5.97 Å². The van der Waals surface area contributed by atoms with Crippen molar-refractivity contribution in [1.82, 2.24) is 10.2 Å². The number of rotatable bonds is 2. The Bertz CT molecular complexity index is 134. The average molecular weight is 188 g/mol. The normalized spacial score (nSPS) is 17.4. The first-order valence-electron chi connectivity index (χ1n) is 4.78. The largest absolute Gasteiger partial charge is 0.481 e. The molecule has 0 saturated carbocycles. The molecule has 1 saturated heterocycles. The molecule has 1 heterocycles. The number of piperazine rings is 1. The lowest BCUT2D eigenvalue weighted by Gasteiger charge is -2.21. The second kappa shape index (κ2) is 8.01. The van der Waals surface area contributed by atoms with Crippen molar-refractivity contribution in [3.8, 4) is 0 Å². The molecule has 0 bridgehead atoms. The lowest BCUT2D eigenvalue weighted by Crippen LogP contribution is -2.40. The summed E-state index contributed by atoms with van der Waals surface area (Å²) in [7, 11) is 2.15. The van der Waals surface area contributed by atoms with Crippen molar-refractivity contribution in [2.45, 2.75) is 19.8 Å². The van der Waals surface area contributed by atoms with Crippen molar-refractivity contribution < 1.29 is 9.90 Å². The molecule has 0 aromatic rings. The second-order valence-electron chi connectivity index (χ2n) is 3.20. The first-order chi connectivity index (χ1) is 6.16. The van der Waals surface area contributed by atoms with E-state index in [4.69, 9.17) is 5.11 Å². The summed E-state index contributed by atoms with van der Waals surface area (Å²) < 4.78 is 0. The fourth-order valence-electron chi connectivity index (χ4n) is 0.991. The Hall–Kier alpha value is -0.610. The van der Waals surface area contributed by atoms with E-state index in [0.29, 0.717) is 6.42 Å². The number of carbonyl (C=O) groups is 1. The quantitative estimate of drug-likeness (QED) is 0.658. The molecule has 78 valence electrons. The minimum atomic E-state index is -0.711. The summed E-state index contributed by atoms with van der Waals surface area (Å²) in [6.45, 7) is 6.58. The molecule has 2 N–H and O–H groups in total. The molecule has 13 heavy (non-hydrogen) atoms. The van der Waals surface area contributed by atoms with Gasteiger partial charge in [0.1, 0.15) is 0 Å². The van der Waals surface area contributed by atoms with Crippen LogP contribution in [0.25, 0.3) is 0 Å². The highest BCUT2D eigenvalue weighted by atomic mass is 16.4. The van der Waals surface area contributed by atoms with Crippen LogP contribution >= 0.6 is 0 Å².